The zero-order chi connectivity index (χ0) is 14.8. The SMILES string of the molecule is COc1c(O)cc(Cc2nccc3ccccc23)cc1O. The number of benzene rings is 2. The molecule has 0 saturated heterocycles. The third-order valence-electron chi connectivity index (χ3n) is 3.44. The maximum Gasteiger partial charge on any atom is 0.202 e. The average molecular weight is 281 g/mol. The summed E-state index contributed by atoms with van der Waals surface area (Å²) in [5.74, 6) is -0.0647. The van der Waals surface area contributed by atoms with Crippen molar-refractivity contribution in [3.63, 3.8) is 0 Å². The number of hydrogen-bond donors (Lipinski definition) is 2. The topological polar surface area (TPSA) is 62.6 Å². The third-order valence-corrected chi connectivity index (χ3v) is 3.44. The van der Waals surface area contributed by atoms with Crippen LogP contribution in [0.25, 0.3) is 10.8 Å². The van der Waals surface area contributed by atoms with Crippen LogP contribution in [0.1, 0.15) is 11.3 Å². The lowest BCUT2D eigenvalue weighted by molar-refractivity contribution is 0.344. The molecule has 4 nitrogen and oxygen atoms in total. The first-order chi connectivity index (χ1) is 10.2. The lowest BCUT2D eigenvalue weighted by Crippen LogP contribution is -1.94. The Morgan fingerprint density at radius 3 is 2.48 bits per heavy atom. The number of pyridine rings is 1. The van der Waals surface area contributed by atoms with E-state index in [2.05, 4.69) is 4.98 Å². The minimum absolute atomic E-state index is 0.0762. The van der Waals surface area contributed by atoms with Gasteiger partial charge in [0.2, 0.25) is 5.75 Å². The van der Waals surface area contributed by atoms with Gasteiger partial charge in [0.1, 0.15) is 0 Å². The molecule has 0 aliphatic heterocycles. The maximum absolute atomic E-state index is 9.86. The van der Waals surface area contributed by atoms with E-state index in [4.69, 9.17) is 4.74 Å². The molecule has 0 radical (unpaired) electrons. The summed E-state index contributed by atoms with van der Waals surface area (Å²) in [5.41, 5.74) is 1.67. The molecular formula is C17H15NO3. The second-order valence-electron chi connectivity index (χ2n) is 4.82. The van der Waals surface area contributed by atoms with Crippen molar-refractivity contribution in [1.29, 1.82) is 0 Å². The minimum Gasteiger partial charge on any atom is -0.504 e. The fourth-order valence-electron chi connectivity index (χ4n) is 2.48. The highest BCUT2D eigenvalue weighted by atomic mass is 16.5. The van der Waals surface area contributed by atoms with E-state index in [0.717, 1.165) is 22.0 Å². The van der Waals surface area contributed by atoms with Gasteiger partial charge in [-0.2, -0.15) is 0 Å². The molecule has 0 amide bonds. The Balaban J connectivity index is 2.03. The second-order valence-corrected chi connectivity index (χ2v) is 4.82. The van der Waals surface area contributed by atoms with Crippen molar-refractivity contribution in [1.82, 2.24) is 4.98 Å². The summed E-state index contributed by atoms with van der Waals surface area (Å²) in [5, 5.41) is 21.9. The number of nitrogens with zero attached hydrogens (tertiary/aromatic N) is 1. The highest BCUT2D eigenvalue weighted by Gasteiger charge is 2.11. The van der Waals surface area contributed by atoms with Gasteiger partial charge in [-0.3, -0.25) is 4.98 Å². The molecule has 21 heavy (non-hydrogen) atoms. The van der Waals surface area contributed by atoms with Crippen LogP contribution in [0.3, 0.4) is 0 Å². The van der Waals surface area contributed by atoms with Gasteiger partial charge >= 0.3 is 0 Å². The van der Waals surface area contributed by atoms with Crippen LogP contribution in [-0.2, 0) is 6.42 Å². The first kappa shape index (κ1) is 13.2. The highest BCUT2D eigenvalue weighted by Crippen LogP contribution is 2.37. The fourth-order valence-corrected chi connectivity index (χ4v) is 2.48. The lowest BCUT2D eigenvalue weighted by Gasteiger charge is -2.10. The molecule has 0 atom stereocenters. The average Bonchev–Trinajstić information content (AvgIpc) is 2.47. The number of hydrogen-bond acceptors (Lipinski definition) is 4. The highest BCUT2D eigenvalue weighted by molar-refractivity contribution is 5.84. The van der Waals surface area contributed by atoms with Crippen molar-refractivity contribution in [2.75, 3.05) is 7.11 Å². The molecule has 0 unspecified atom stereocenters. The Hall–Kier alpha value is -2.75. The largest absolute Gasteiger partial charge is 0.504 e. The predicted molar refractivity (Wildman–Crippen MR) is 80.9 cm³/mol. The fraction of sp³-hybridized carbons (Fsp3) is 0.118. The molecule has 0 bridgehead atoms. The van der Waals surface area contributed by atoms with Crippen LogP contribution in [0.5, 0.6) is 17.2 Å². The van der Waals surface area contributed by atoms with Crippen LogP contribution in [0.4, 0.5) is 0 Å². The van der Waals surface area contributed by atoms with Gasteiger partial charge in [0.15, 0.2) is 11.5 Å². The van der Waals surface area contributed by atoms with Gasteiger partial charge in [0.05, 0.1) is 12.8 Å². The molecule has 1 heterocycles. The molecule has 2 N–H and O–H groups in total. The molecule has 0 spiro atoms. The van der Waals surface area contributed by atoms with Gasteiger partial charge in [0, 0.05) is 18.0 Å². The van der Waals surface area contributed by atoms with Gasteiger partial charge in [-0.05, 0) is 29.1 Å². The molecule has 0 aliphatic rings. The Bertz CT molecular complexity index is 771. The first-order valence-corrected chi connectivity index (χ1v) is 6.60. The van der Waals surface area contributed by atoms with Crippen LogP contribution in [0, 0.1) is 0 Å². The van der Waals surface area contributed by atoms with E-state index in [1.54, 1.807) is 18.3 Å². The lowest BCUT2D eigenvalue weighted by atomic mass is 10.0. The van der Waals surface area contributed by atoms with Gasteiger partial charge in [-0.1, -0.05) is 24.3 Å². The maximum atomic E-state index is 9.86. The van der Waals surface area contributed by atoms with E-state index in [1.165, 1.54) is 7.11 Å². The Morgan fingerprint density at radius 1 is 1.05 bits per heavy atom. The van der Waals surface area contributed by atoms with E-state index < -0.39 is 0 Å². The summed E-state index contributed by atoms with van der Waals surface area (Å²) in [6, 6.07) is 13.1. The van der Waals surface area contributed by atoms with Crippen LogP contribution in [0.2, 0.25) is 0 Å². The number of aromatic nitrogens is 1. The summed E-state index contributed by atoms with van der Waals surface area (Å²) < 4.78 is 4.94. The molecule has 3 rings (SSSR count). The number of methoxy groups -OCH3 is 1. The molecule has 3 aromatic rings. The van der Waals surface area contributed by atoms with Gasteiger partial charge in [-0.25, -0.2) is 0 Å². The zero-order valence-corrected chi connectivity index (χ0v) is 11.6. The first-order valence-electron chi connectivity index (χ1n) is 6.60. The Morgan fingerprint density at radius 2 is 1.76 bits per heavy atom. The van der Waals surface area contributed by atoms with Gasteiger partial charge < -0.3 is 14.9 Å². The number of fused-ring (bicyclic) bond motifs is 1. The molecule has 106 valence electrons. The smallest absolute Gasteiger partial charge is 0.202 e. The van der Waals surface area contributed by atoms with Crippen molar-refractivity contribution in [2.24, 2.45) is 0 Å². The predicted octanol–water partition coefficient (Wildman–Crippen LogP) is 3.25. The number of aromatic hydroxyl groups is 2. The normalized spacial score (nSPS) is 10.7. The third kappa shape index (κ3) is 2.48. The molecule has 0 aliphatic carbocycles. The van der Waals surface area contributed by atoms with Crippen LogP contribution < -0.4 is 4.74 Å². The van der Waals surface area contributed by atoms with Crippen molar-refractivity contribution in [3.8, 4) is 17.2 Å². The van der Waals surface area contributed by atoms with Crippen molar-refractivity contribution < 1.29 is 14.9 Å². The van der Waals surface area contributed by atoms with Crippen molar-refractivity contribution in [3.05, 3.63) is 59.9 Å². The van der Waals surface area contributed by atoms with Gasteiger partial charge in [0.25, 0.3) is 0 Å². The van der Waals surface area contributed by atoms with E-state index in [1.807, 2.05) is 30.3 Å². The van der Waals surface area contributed by atoms with Crippen molar-refractivity contribution >= 4 is 10.8 Å². The number of rotatable bonds is 3. The summed E-state index contributed by atoms with van der Waals surface area (Å²) in [7, 11) is 1.40. The Labute approximate surface area is 122 Å². The Kier molecular flexibility index (Phi) is 3.36. The standard InChI is InChI=1S/C17H15NO3/c1-21-17-15(19)9-11(10-16(17)20)8-14-13-5-3-2-4-12(13)6-7-18-14/h2-7,9-10,19-20H,8H2,1H3. The zero-order valence-electron chi connectivity index (χ0n) is 11.6. The summed E-state index contributed by atoms with van der Waals surface area (Å²) in [6.07, 6.45) is 2.29. The second kappa shape index (κ2) is 5.32. The molecular weight excluding hydrogens is 266 g/mol. The van der Waals surface area contributed by atoms with E-state index in [-0.39, 0.29) is 17.2 Å². The van der Waals surface area contributed by atoms with E-state index in [9.17, 15) is 10.2 Å². The summed E-state index contributed by atoms with van der Waals surface area (Å²) >= 11 is 0. The number of phenols is 2. The molecule has 1 aromatic heterocycles. The van der Waals surface area contributed by atoms with Crippen LogP contribution in [0.15, 0.2) is 48.7 Å². The molecule has 2 aromatic carbocycles. The summed E-state index contributed by atoms with van der Waals surface area (Å²) in [6.45, 7) is 0. The quantitative estimate of drug-likeness (QED) is 0.773. The van der Waals surface area contributed by atoms with Gasteiger partial charge in [-0.15, -0.1) is 0 Å². The summed E-state index contributed by atoms with van der Waals surface area (Å²) in [4.78, 5) is 4.41. The molecule has 0 saturated carbocycles. The van der Waals surface area contributed by atoms with Crippen LogP contribution in [-0.4, -0.2) is 22.3 Å². The molecule has 4 heteroatoms. The minimum atomic E-state index is -0.0762. The number of ether oxygens (including phenoxy) is 1. The van der Waals surface area contributed by atoms with Crippen molar-refractivity contribution in [2.45, 2.75) is 6.42 Å². The molecule has 0 fully saturated rings. The number of phenolic OH excluding ortho intramolecular Hbond substituents is 2. The van der Waals surface area contributed by atoms with E-state index >= 15 is 0 Å². The van der Waals surface area contributed by atoms with E-state index in [0.29, 0.717) is 6.42 Å². The monoisotopic (exact) mass is 281 g/mol. The van der Waals surface area contributed by atoms with Crippen LogP contribution >= 0.6 is 0 Å².